The van der Waals surface area contributed by atoms with Crippen molar-refractivity contribution in [1.29, 1.82) is 0 Å². The zero-order valence-corrected chi connectivity index (χ0v) is 18.8. The summed E-state index contributed by atoms with van der Waals surface area (Å²) < 4.78 is 28.2. The topological polar surface area (TPSA) is 87.7 Å². The second-order valence-electron chi connectivity index (χ2n) is 7.67. The van der Waals surface area contributed by atoms with E-state index in [2.05, 4.69) is 4.98 Å². The van der Waals surface area contributed by atoms with E-state index in [-0.39, 0.29) is 27.9 Å². The Hall–Kier alpha value is -3.17. The average Bonchev–Trinajstić information content (AvgIpc) is 3.04. The predicted molar refractivity (Wildman–Crippen MR) is 121 cm³/mol. The first kappa shape index (κ1) is 20.7. The number of rotatable bonds is 4. The monoisotopic (exact) mass is 465 g/mol. The van der Waals surface area contributed by atoms with Crippen molar-refractivity contribution in [3.05, 3.63) is 83.7 Å². The second kappa shape index (κ2) is 7.75. The van der Waals surface area contributed by atoms with Crippen LogP contribution < -0.4 is 4.31 Å². The molecular formula is C23H19N3O4S2. The molecule has 0 saturated carbocycles. The van der Waals surface area contributed by atoms with E-state index in [9.17, 15) is 18.0 Å². The third kappa shape index (κ3) is 3.37. The van der Waals surface area contributed by atoms with Crippen LogP contribution in [-0.2, 0) is 16.6 Å². The molecule has 3 heterocycles. The van der Waals surface area contributed by atoms with Crippen LogP contribution in [-0.4, -0.2) is 41.9 Å². The molecular weight excluding hydrogens is 446 g/mol. The highest BCUT2D eigenvalue weighted by Crippen LogP contribution is 2.40. The molecule has 32 heavy (non-hydrogen) atoms. The number of aromatic nitrogens is 1. The number of pyridine rings is 1. The molecule has 2 aliphatic rings. The maximum Gasteiger partial charge on any atom is 0.280 e. The molecule has 0 saturated heterocycles. The summed E-state index contributed by atoms with van der Waals surface area (Å²) in [6, 6.07) is 17.0. The van der Waals surface area contributed by atoms with E-state index in [1.165, 1.54) is 22.6 Å². The molecule has 5 rings (SSSR count). The molecule has 0 radical (unpaired) electrons. The summed E-state index contributed by atoms with van der Waals surface area (Å²) in [6.45, 7) is 2.44. The number of para-hydroxylation sites is 1. The summed E-state index contributed by atoms with van der Waals surface area (Å²) in [5, 5.41) is 0.126. The Labute approximate surface area is 190 Å². The van der Waals surface area contributed by atoms with Gasteiger partial charge in [0.2, 0.25) is 0 Å². The number of thioether (sulfide) groups is 1. The van der Waals surface area contributed by atoms with E-state index in [0.717, 1.165) is 9.80 Å². The number of hydrogen-bond acceptors (Lipinski definition) is 6. The van der Waals surface area contributed by atoms with Gasteiger partial charge in [-0.05, 0) is 42.0 Å². The van der Waals surface area contributed by atoms with Crippen molar-refractivity contribution in [2.75, 3.05) is 10.8 Å². The summed E-state index contributed by atoms with van der Waals surface area (Å²) in [5.74, 6) is -0.843. The molecule has 2 aromatic carbocycles. The van der Waals surface area contributed by atoms with Gasteiger partial charge in [-0.2, -0.15) is 0 Å². The van der Waals surface area contributed by atoms with Gasteiger partial charge in [0.1, 0.15) is 5.69 Å². The van der Waals surface area contributed by atoms with Gasteiger partial charge in [0.15, 0.2) is 0 Å². The van der Waals surface area contributed by atoms with Crippen LogP contribution in [0.4, 0.5) is 5.69 Å². The Morgan fingerprint density at radius 3 is 2.50 bits per heavy atom. The number of nitrogens with zero attached hydrogens (tertiary/aromatic N) is 3. The first-order valence-electron chi connectivity index (χ1n) is 10.0. The molecule has 3 aromatic rings. The van der Waals surface area contributed by atoms with Crippen molar-refractivity contribution in [3.63, 3.8) is 0 Å². The fourth-order valence-corrected chi connectivity index (χ4v) is 6.75. The van der Waals surface area contributed by atoms with Crippen molar-refractivity contribution >= 4 is 39.3 Å². The lowest BCUT2D eigenvalue weighted by atomic mass is 10.2. The lowest BCUT2D eigenvalue weighted by Crippen LogP contribution is -2.38. The van der Waals surface area contributed by atoms with E-state index in [4.69, 9.17) is 0 Å². The zero-order valence-electron chi connectivity index (χ0n) is 17.1. The van der Waals surface area contributed by atoms with Gasteiger partial charge in [-0.3, -0.25) is 23.8 Å². The predicted octanol–water partition coefficient (Wildman–Crippen LogP) is 3.57. The quantitative estimate of drug-likeness (QED) is 0.548. The fraction of sp³-hybridized carbons (Fsp3) is 0.174. The van der Waals surface area contributed by atoms with Gasteiger partial charge in [-0.1, -0.05) is 31.2 Å². The highest BCUT2D eigenvalue weighted by atomic mass is 32.2. The molecule has 0 unspecified atom stereocenters. The van der Waals surface area contributed by atoms with Crippen molar-refractivity contribution in [2.45, 2.75) is 28.5 Å². The minimum Gasteiger partial charge on any atom is -0.268 e. The first-order chi connectivity index (χ1) is 15.4. The number of anilines is 1. The summed E-state index contributed by atoms with van der Waals surface area (Å²) in [4.78, 5) is 31.3. The highest BCUT2D eigenvalue weighted by Gasteiger charge is 2.37. The van der Waals surface area contributed by atoms with Crippen molar-refractivity contribution in [1.82, 2.24) is 9.88 Å². The summed E-state index contributed by atoms with van der Waals surface area (Å²) in [5.41, 5.74) is 1.76. The zero-order chi connectivity index (χ0) is 22.5. The van der Waals surface area contributed by atoms with Crippen LogP contribution in [0.15, 0.2) is 76.7 Å². The third-order valence-corrected chi connectivity index (χ3v) is 8.41. The maximum atomic E-state index is 13.4. The van der Waals surface area contributed by atoms with Gasteiger partial charge in [-0.15, -0.1) is 11.8 Å². The normalized spacial score (nSPS) is 18.0. The van der Waals surface area contributed by atoms with Gasteiger partial charge in [0.05, 0.1) is 22.7 Å². The first-order valence-corrected chi connectivity index (χ1v) is 12.4. The van der Waals surface area contributed by atoms with Gasteiger partial charge in [0, 0.05) is 22.9 Å². The van der Waals surface area contributed by atoms with Crippen molar-refractivity contribution in [2.24, 2.45) is 0 Å². The van der Waals surface area contributed by atoms with Crippen LogP contribution >= 0.6 is 11.8 Å². The molecule has 1 aromatic heterocycles. The van der Waals surface area contributed by atoms with Gasteiger partial charge in [-0.25, -0.2) is 8.42 Å². The number of sulfonamides is 1. The number of hydrogen-bond donors (Lipinski definition) is 0. The minimum atomic E-state index is -3.76. The molecule has 0 aliphatic carbocycles. The second-order valence-corrected chi connectivity index (χ2v) is 11.0. The smallest absolute Gasteiger partial charge is 0.268 e. The van der Waals surface area contributed by atoms with Gasteiger partial charge >= 0.3 is 0 Å². The van der Waals surface area contributed by atoms with Crippen LogP contribution in [0.3, 0.4) is 0 Å². The largest absolute Gasteiger partial charge is 0.280 e. The molecule has 0 fully saturated rings. The van der Waals surface area contributed by atoms with E-state index in [0.29, 0.717) is 17.8 Å². The van der Waals surface area contributed by atoms with Gasteiger partial charge in [0.25, 0.3) is 21.8 Å². The van der Waals surface area contributed by atoms with Crippen LogP contribution in [0, 0.1) is 0 Å². The standard InChI is InChI=1S/C23H19N3O4S2/c1-15-13-26(19-6-2-3-7-20(19)31-15)32(29,30)17-10-8-16(9-11-17)14-25-22(27)18-5-4-12-24-21(18)23(25)28/h2-12,15H,13-14H2,1H3/t15-/m1/s1. The molecule has 0 bridgehead atoms. The molecule has 7 nitrogen and oxygen atoms in total. The minimum absolute atomic E-state index is 0.0502. The Bertz CT molecular complexity index is 1300. The molecule has 162 valence electrons. The Kier molecular flexibility index (Phi) is 5.02. The molecule has 0 N–H and O–H groups in total. The molecule has 1 atom stereocenters. The van der Waals surface area contributed by atoms with Crippen LogP contribution in [0.5, 0.6) is 0 Å². The number of imide groups is 1. The van der Waals surface area contributed by atoms with Crippen molar-refractivity contribution < 1.29 is 18.0 Å². The molecule has 9 heteroatoms. The number of carbonyl (C=O) groups excluding carboxylic acids is 2. The number of amides is 2. The van der Waals surface area contributed by atoms with E-state index < -0.39 is 21.8 Å². The van der Waals surface area contributed by atoms with Crippen molar-refractivity contribution in [3.8, 4) is 0 Å². The van der Waals surface area contributed by atoms with Gasteiger partial charge < -0.3 is 0 Å². The maximum absolute atomic E-state index is 13.4. The Morgan fingerprint density at radius 1 is 1.00 bits per heavy atom. The lowest BCUT2D eigenvalue weighted by Gasteiger charge is -2.33. The summed E-state index contributed by atoms with van der Waals surface area (Å²) in [7, 11) is -3.76. The van der Waals surface area contributed by atoms with Crippen LogP contribution in [0.1, 0.15) is 33.3 Å². The number of carbonyl (C=O) groups is 2. The average molecular weight is 466 g/mol. The highest BCUT2D eigenvalue weighted by molar-refractivity contribution is 8.00. The Balaban J connectivity index is 1.40. The fourth-order valence-electron chi connectivity index (χ4n) is 3.91. The molecule has 2 amide bonds. The number of benzene rings is 2. The lowest BCUT2D eigenvalue weighted by molar-refractivity contribution is 0.0640. The van der Waals surface area contributed by atoms with Crippen LogP contribution in [0.2, 0.25) is 0 Å². The Morgan fingerprint density at radius 2 is 1.75 bits per heavy atom. The van der Waals surface area contributed by atoms with Crippen LogP contribution in [0.25, 0.3) is 0 Å². The number of fused-ring (bicyclic) bond motifs is 2. The molecule has 0 spiro atoms. The summed E-state index contributed by atoms with van der Waals surface area (Å²) >= 11 is 1.66. The third-order valence-electron chi connectivity index (χ3n) is 5.47. The van der Waals surface area contributed by atoms with E-state index in [1.807, 2.05) is 31.2 Å². The van der Waals surface area contributed by atoms with E-state index >= 15 is 0 Å². The molecule has 2 aliphatic heterocycles. The summed E-state index contributed by atoms with van der Waals surface area (Å²) in [6.07, 6.45) is 1.48. The SMILES string of the molecule is C[C@@H]1CN(S(=O)(=O)c2ccc(CN3C(=O)c4cccnc4C3=O)cc2)c2ccccc2S1. The van der Waals surface area contributed by atoms with E-state index in [1.54, 1.807) is 36.0 Å².